The maximum absolute atomic E-state index is 10.7. The van der Waals surface area contributed by atoms with E-state index < -0.39 is 5.91 Å². The van der Waals surface area contributed by atoms with Gasteiger partial charge in [0.25, 0.3) is 5.91 Å². The first-order chi connectivity index (χ1) is 10.7. The molecule has 0 unspecified atom stereocenters. The Bertz CT molecular complexity index is 789. The summed E-state index contributed by atoms with van der Waals surface area (Å²) in [6.07, 6.45) is 0.859. The van der Waals surface area contributed by atoms with Crippen LogP contribution < -0.4 is 10.5 Å². The summed E-state index contributed by atoms with van der Waals surface area (Å²) in [5.41, 5.74) is 7.55. The molecule has 0 aliphatic rings. The monoisotopic (exact) mass is 291 g/mol. The molecule has 0 aliphatic heterocycles. The van der Waals surface area contributed by atoms with Crippen LogP contribution in [0.4, 0.5) is 0 Å². The molecule has 0 bridgehead atoms. The topological polar surface area (TPSA) is 52.3 Å². The van der Waals surface area contributed by atoms with Gasteiger partial charge in [0.1, 0.15) is 5.75 Å². The van der Waals surface area contributed by atoms with Crippen LogP contribution in [0.15, 0.2) is 66.7 Å². The molecule has 0 atom stereocenters. The molecule has 2 N–H and O–H groups in total. The van der Waals surface area contributed by atoms with Crippen LogP contribution in [0.25, 0.3) is 10.8 Å². The van der Waals surface area contributed by atoms with Crippen molar-refractivity contribution in [1.29, 1.82) is 0 Å². The van der Waals surface area contributed by atoms with E-state index >= 15 is 0 Å². The van der Waals surface area contributed by atoms with Crippen molar-refractivity contribution in [1.82, 2.24) is 0 Å². The van der Waals surface area contributed by atoms with E-state index in [1.807, 2.05) is 24.3 Å². The first-order valence-corrected chi connectivity index (χ1v) is 7.19. The molecule has 3 aromatic rings. The standard InChI is InChI=1S/C19H17NO2/c20-19(21)13-22-17-10-8-14(9-11-17)12-16-6-3-5-15-4-1-2-7-18(15)16/h1-11H,12-13H2,(H2,20,21). The molecule has 3 nitrogen and oxygen atoms in total. The van der Waals surface area contributed by atoms with Crippen molar-refractivity contribution in [2.75, 3.05) is 6.61 Å². The van der Waals surface area contributed by atoms with Crippen molar-refractivity contribution in [3.05, 3.63) is 77.9 Å². The number of hydrogen-bond acceptors (Lipinski definition) is 2. The first kappa shape index (κ1) is 14.1. The number of fused-ring (bicyclic) bond motifs is 1. The second-order valence-corrected chi connectivity index (χ2v) is 5.21. The van der Waals surface area contributed by atoms with Crippen LogP contribution in [0.1, 0.15) is 11.1 Å². The van der Waals surface area contributed by atoms with Crippen LogP contribution >= 0.6 is 0 Å². The van der Waals surface area contributed by atoms with Crippen molar-refractivity contribution in [3.63, 3.8) is 0 Å². The molecule has 0 saturated carbocycles. The van der Waals surface area contributed by atoms with Gasteiger partial charge in [-0.15, -0.1) is 0 Å². The lowest BCUT2D eigenvalue weighted by molar-refractivity contribution is -0.119. The summed E-state index contributed by atoms with van der Waals surface area (Å²) in [6, 6.07) is 22.5. The van der Waals surface area contributed by atoms with Gasteiger partial charge in [0.15, 0.2) is 6.61 Å². The number of amides is 1. The summed E-state index contributed by atoms with van der Waals surface area (Å²) < 4.78 is 5.27. The number of carbonyl (C=O) groups is 1. The highest BCUT2D eigenvalue weighted by atomic mass is 16.5. The molecule has 3 aromatic carbocycles. The van der Waals surface area contributed by atoms with Crippen molar-refractivity contribution < 1.29 is 9.53 Å². The van der Waals surface area contributed by atoms with E-state index in [9.17, 15) is 4.79 Å². The molecule has 110 valence electrons. The van der Waals surface area contributed by atoms with Crippen molar-refractivity contribution in [2.24, 2.45) is 5.73 Å². The quantitative estimate of drug-likeness (QED) is 0.784. The molecule has 3 rings (SSSR count). The Kier molecular flexibility index (Phi) is 4.05. The van der Waals surface area contributed by atoms with E-state index in [0.717, 1.165) is 6.42 Å². The molecular weight excluding hydrogens is 274 g/mol. The summed E-state index contributed by atoms with van der Waals surface area (Å²) in [4.78, 5) is 10.7. The Morgan fingerprint density at radius 1 is 0.909 bits per heavy atom. The van der Waals surface area contributed by atoms with Gasteiger partial charge < -0.3 is 10.5 Å². The van der Waals surface area contributed by atoms with Crippen LogP contribution in [0.5, 0.6) is 5.75 Å². The normalized spacial score (nSPS) is 10.5. The van der Waals surface area contributed by atoms with Gasteiger partial charge in [0.05, 0.1) is 0 Å². The number of benzene rings is 3. The maximum atomic E-state index is 10.7. The van der Waals surface area contributed by atoms with E-state index in [2.05, 4.69) is 42.5 Å². The minimum absolute atomic E-state index is 0.0946. The van der Waals surface area contributed by atoms with Gasteiger partial charge in [-0.3, -0.25) is 4.79 Å². The molecule has 1 amide bonds. The maximum Gasteiger partial charge on any atom is 0.255 e. The van der Waals surface area contributed by atoms with Crippen LogP contribution in [-0.4, -0.2) is 12.5 Å². The summed E-state index contributed by atoms with van der Waals surface area (Å²) >= 11 is 0. The summed E-state index contributed by atoms with van der Waals surface area (Å²) in [5.74, 6) is 0.181. The van der Waals surface area contributed by atoms with Gasteiger partial charge in [0, 0.05) is 0 Å². The Morgan fingerprint density at radius 2 is 1.64 bits per heavy atom. The lowest BCUT2D eigenvalue weighted by atomic mass is 9.98. The zero-order chi connectivity index (χ0) is 15.4. The third-order valence-corrected chi connectivity index (χ3v) is 3.58. The third-order valence-electron chi connectivity index (χ3n) is 3.58. The highest BCUT2D eigenvalue weighted by Gasteiger charge is 2.03. The molecule has 0 heterocycles. The number of nitrogens with two attached hydrogens (primary N) is 1. The SMILES string of the molecule is NC(=O)COc1ccc(Cc2cccc3ccccc23)cc1. The average molecular weight is 291 g/mol. The fourth-order valence-corrected chi connectivity index (χ4v) is 2.52. The lowest BCUT2D eigenvalue weighted by Crippen LogP contribution is -2.19. The Labute approximate surface area is 129 Å². The summed E-state index contributed by atoms with van der Waals surface area (Å²) in [5, 5.41) is 2.53. The Hall–Kier alpha value is -2.81. The largest absolute Gasteiger partial charge is 0.484 e. The first-order valence-electron chi connectivity index (χ1n) is 7.19. The van der Waals surface area contributed by atoms with E-state index in [1.54, 1.807) is 0 Å². The van der Waals surface area contributed by atoms with Gasteiger partial charge in [0.2, 0.25) is 0 Å². The lowest BCUT2D eigenvalue weighted by Gasteiger charge is -2.08. The van der Waals surface area contributed by atoms with E-state index in [1.165, 1.54) is 21.9 Å². The molecule has 0 spiro atoms. The van der Waals surface area contributed by atoms with E-state index in [-0.39, 0.29) is 6.61 Å². The van der Waals surface area contributed by atoms with Crippen LogP contribution in [0, 0.1) is 0 Å². The summed E-state index contributed by atoms with van der Waals surface area (Å²) in [6.45, 7) is -0.0946. The molecular formula is C19H17NO2. The van der Waals surface area contributed by atoms with Crippen LogP contribution in [0.3, 0.4) is 0 Å². The molecule has 0 saturated heterocycles. The Balaban J connectivity index is 1.79. The van der Waals surface area contributed by atoms with Crippen LogP contribution in [0.2, 0.25) is 0 Å². The predicted molar refractivity (Wildman–Crippen MR) is 87.9 cm³/mol. The Morgan fingerprint density at radius 3 is 2.41 bits per heavy atom. The van der Waals surface area contributed by atoms with Crippen molar-refractivity contribution >= 4 is 16.7 Å². The van der Waals surface area contributed by atoms with E-state index in [0.29, 0.717) is 5.75 Å². The second kappa shape index (κ2) is 6.31. The number of rotatable bonds is 5. The second-order valence-electron chi connectivity index (χ2n) is 5.21. The van der Waals surface area contributed by atoms with Gasteiger partial charge in [-0.25, -0.2) is 0 Å². The number of primary amides is 1. The van der Waals surface area contributed by atoms with Crippen molar-refractivity contribution in [2.45, 2.75) is 6.42 Å². The third kappa shape index (κ3) is 3.26. The molecule has 0 fully saturated rings. The van der Waals surface area contributed by atoms with Gasteiger partial charge >= 0.3 is 0 Å². The van der Waals surface area contributed by atoms with Gasteiger partial charge in [-0.1, -0.05) is 54.6 Å². The fourth-order valence-electron chi connectivity index (χ4n) is 2.52. The van der Waals surface area contributed by atoms with Crippen LogP contribution in [-0.2, 0) is 11.2 Å². The van der Waals surface area contributed by atoms with Crippen molar-refractivity contribution in [3.8, 4) is 5.75 Å². The molecule has 0 radical (unpaired) electrons. The number of hydrogen-bond donors (Lipinski definition) is 1. The molecule has 3 heteroatoms. The van der Waals surface area contributed by atoms with Gasteiger partial charge in [-0.2, -0.15) is 0 Å². The molecule has 0 aromatic heterocycles. The zero-order valence-electron chi connectivity index (χ0n) is 12.2. The average Bonchev–Trinajstić information content (AvgIpc) is 2.54. The minimum atomic E-state index is -0.472. The zero-order valence-corrected chi connectivity index (χ0v) is 12.2. The van der Waals surface area contributed by atoms with E-state index in [4.69, 9.17) is 10.5 Å². The molecule has 22 heavy (non-hydrogen) atoms. The predicted octanol–water partition coefficient (Wildman–Crippen LogP) is 3.29. The molecule has 0 aliphatic carbocycles. The number of ether oxygens (including phenoxy) is 1. The highest BCUT2D eigenvalue weighted by molar-refractivity contribution is 5.85. The number of carbonyl (C=O) groups excluding carboxylic acids is 1. The van der Waals surface area contributed by atoms with Gasteiger partial charge in [-0.05, 0) is 40.5 Å². The summed E-state index contributed by atoms with van der Waals surface area (Å²) in [7, 11) is 0. The fraction of sp³-hybridized carbons (Fsp3) is 0.105. The smallest absolute Gasteiger partial charge is 0.255 e. The minimum Gasteiger partial charge on any atom is -0.484 e. The highest BCUT2D eigenvalue weighted by Crippen LogP contribution is 2.22.